The van der Waals surface area contributed by atoms with Gasteiger partial charge in [-0.2, -0.15) is 0 Å². The number of benzene rings is 3. The fourth-order valence-electron chi connectivity index (χ4n) is 3.58. The third-order valence-electron chi connectivity index (χ3n) is 5.18. The van der Waals surface area contributed by atoms with Gasteiger partial charge in [-0.3, -0.25) is 4.72 Å². The maximum absolute atomic E-state index is 13.2. The van der Waals surface area contributed by atoms with Crippen LogP contribution in [0.3, 0.4) is 0 Å². The molecule has 0 unspecified atom stereocenters. The Hall–Kier alpha value is -3.39. The number of furan rings is 1. The normalized spacial score (nSPS) is 11.7. The largest absolute Gasteiger partial charge is 0.462 e. The number of unbranched alkanes of at least 4 members (excludes halogenated alkanes) is 1. The Labute approximate surface area is 185 Å². The first-order valence-electron chi connectivity index (χ1n) is 10.2. The van der Waals surface area contributed by atoms with Crippen LogP contribution in [-0.2, 0) is 14.8 Å². The number of rotatable bonds is 7. The first kappa shape index (κ1) is 21.8. The van der Waals surface area contributed by atoms with Crippen molar-refractivity contribution in [3.63, 3.8) is 0 Å². The number of fused-ring (bicyclic) bond motifs is 3. The molecule has 32 heavy (non-hydrogen) atoms. The van der Waals surface area contributed by atoms with Crippen molar-refractivity contribution >= 4 is 43.4 Å². The molecule has 0 saturated carbocycles. The second kappa shape index (κ2) is 8.63. The van der Waals surface area contributed by atoms with Crippen LogP contribution in [0.2, 0.25) is 0 Å². The van der Waals surface area contributed by atoms with Crippen LogP contribution in [0.1, 0.15) is 35.9 Å². The predicted octanol–water partition coefficient (Wildman–Crippen LogP) is 5.79. The Morgan fingerprint density at radius 3 is 2.44 bits per heavy atom. The molecule has 0 amide bonds. The number of hydrogen-bond acceptors (Lipinski definition) is 5. The van der Waals surface area contributed by atoms with Gasteiger partial charge >= 0.3 is 5.97 Å². The van der Waals surface area contributed by atoms with Crippen molar-refractivity contribution in [1.29, 1.82) is 0 Å². The van der Waals surface area contributed by atoms with E-state index in [4.69, 9.17) is 9.15 Å². The monoisotopic (exact) mass is 455 g/mol. The number of hydrogen-bond donors (Lipinski definition) is 1. The zero-order valence-corrected chi connectivity index (χ0v) is 18.5. The number of ether oxygens (including phenoxy) is 1. The van der Waals surface area contributed by atoms with E-state index < -0.39 is 21.8 Å². The average Bonchev–Trinajstić information content (AvgIpc) is 3.10. The molecular formula is C24H22FNO5S. The number of anilines is 1. The highest BCUT2D eigenvalue weighted by Gasteiger charge is 2.24. The molecule has 1 N–H and O–H groups in total. The molecule has 6 nitrogen and oxygen atoms in total. The van der Waals surface area contributed by atoms with Gasteiger partial charge in [0.25, 0.3) is 10.0 Å². The summed E-state index contributed by atoms with van der Waals surface area (Å²) >= 11 is 0. The molecule has 0 aliphatic heterocycles. The van der Waals surface area contributed by atoms with Crippen LogP contribution < -0.4 is 4.72 Å². The number of esters is 1. The van der Waals surface area contributed by atoms with Gasteiger partial charge in [-0.05, 0) is 43.7 Å². The first-order chi connectivity index (χ1) is 15.3. The van der Waals surface area contributed by atoms with Crippen LogP contribution in [0.25, 0.3) is 21.7 Å². The van der Waals surface area contributed by atoms with Crippen molar-refractivity contribution in [1.82, 2.24) is 0 Å². The minimum Gasteiger partial charge on any atom is -0.462 e. The summed E-state index contributed by atoms with van der Waals surface area (Å²) in [4.78, 5) is 12.7. The molecule has 0 fully saturated rings. The molecule has 0 aliphatic carbocycles. The summed E-state index contributed by atoms with van der Waals surface area (Å²) in [6.45, 7) is 3.96. The lowest BCUT2D eigenvalue weighted by atomic mass is 10.0. The SMILES string of the molecule is CCCCOC(=O)c1c(C)oc2c1cc(NS(=O)(=O)c1ccc(F)cc1)c1ccccc12. The predicted molar refractivity (Wildman–Crippen MR) is 121 cm³/mol. The second-order valence-electron chi connectivity index (χ2n) is 7.43. The molecule has 0 aliphatic rings. The Morgan fingerprint density at radius 1 is 1.06 bits per heavy atom. The minimum atomic E-state index is -4.00. The third kappa shape index (κ3) is 4.05. The maximum atomic E-state index is 13.2. The number of carbonyl (C=O) groups excluding carboxylic acids is 1. The highest BCUT2D eigenvalue weighted by Crippen LogP contribution is 2.37. The van der Waals surface area contributed by atoms with Crippen molar-refractivity contribution in [2.24, 2.45) is 0 Å². The van der Waals surface area contributed by atoms with E-state index in [9.17, 15) is 17.6 Å². The van der Waals surface area contributed by atoms with Gasteiger partial charge in [-0.1, -0.05) is 37.6 Å². The summed E-state index contributed by atoms with van der Waals surface area (Å²) in [5.41, 5.74) is 1.02. The number of halogens is 1. The Morgan fingerprint density at radius 2 is 1.75 bits per heavy atom. The van der Waals surface area contributed by atoms with Crippen LogP contribution in [-0.4, -0.2) is 21.0 Å². The average molecular weight is 456 g/mol. The smallest absolute Gasteiger partial charge is 0.342 e. The number of carbonyl (C=O) groups is 1. The summed E-state index contributed by atoms with van der Waals surface area (Å²) in [6.07, 6.45) is 1.63. The fourth-order valence-corrected chi connectivity index (χ4v) is 4.65. The zero-order valence-electron chi connectivity index (χ0n) is 17.6. The third-order valence-corrected chi connectivity index (χ3v) is 6.56. The van der Waals surface area contributed by atoms with Gasteiger partial charge in [0.05, 0.1) is 17.2 Å². The zero-order chi connectivity index (χ0) is 22.9. The topological polar surface area (TPSA) is 85.6 Å². The molecule has 3 aromatic carbocycles. The molecule has 0 atom stereocenters. The number of nitrogens with one attached hydrogen (secondary N) is 1. The minimum absolute atomic E-state index is 0.0781. The number of sulfonamides is 1. The van der Waals surface area contributed by atoms with Gasteiger partial charge < -0.3 is 9.15 Å². The lowest BCUT2D eigenvalue weighted by Crippen LogP contribution is -2.13. The van der Waals surface area contributed by atoms with Crippen LogP contribution in [0, 0.1) is 12.7 Å². The number of aryl methyl sites for hydroxylation is 1. The Bertz CT molecular complexity index is 1410. The van der Waals surface area contributed by atoms with Crippen LogP contribution >= 0.6 is 0 Å². The van der Waals surface area contributed by atoms with E-state index in [0.29, 0.717) is 34.1 Å². The quantitative estimate of drug-likeness (QED) is 0.282. The molecule has 0 spiro atoms. The van der Waals surface area contributed by atoms with E-state index in [1.165, 1.54) is 12.1 Å². The molecule has 0 saturated heterocycles. The lowest BCUT2D eigenvalue weighted by Gasteiger charge is -2.12. The van der Waals surface area contributed by atoms with Gasteiger partial charge in [-0.15, -0.1) is 0 Å². The molecule has 1 aromatic heterocycles. The van der Waals surface area contributed by atoms with Crippen LogP contribution in [0.4, 0.5) is 10.1 Å². The molecule has 0 radical (unpaired) electrons. The summed E-state index contributed by atoms with van der Waals surface area (Å²) in [5.74, 6) is -0.654. The van der Waals surface area contributed by atoms with E-state index in [0.717, 1.165) is 25.0 Å². The van der Waals surface area contributed by atoms with Crippen molar-refractivity contribution < 1.29 is 26.8 Å². The molecule has 1 heterocycles. The van der Waals surface area contributed by atoms with E-state index in [1.54, 1.807) is 37.3 Å². The summed E-state index contributed by atoms with van der Waals surface area (Å²) in [5, 5.41) is 1.71. The molecule has 0 bridgehead atoms. The van der Waals surface area contributed by atoms with Crippen molar-refractivity contribution in [2.75, 3.05) is 11.3 Å². The maximum Gasteiger partial charge on any atom is 0.342 e. The molecule has 166 valence electrons. The lowest BCUT2D eigenvalue weighted by molar-refractivity contribution is 0.0500. The van der Waals surface area contributed by atoms with Gasteiger partial charge in [0.15, 0.2) is 0 Å². The van der Waals surface area contributed by atoms with E-state index in [2.05, 4.69) is 4.72 Å². The molecule has 8 heteroatoms. The Balaban J connectivity index is 1.85. The van der Waals surface area contributed by atoms with E-state index in [1.807, 2.05) is 6.92 Å². The highest BCUT2D eigenvalue weighted by atomic mass is 32.2. The summed E-state index contributed by atoms with van der Waals surface area (Å²) in [7, 11) is -4.00. The molecule has 4 rings (SSSR count). The molecular weight excluding hydrogens is 433 g/mol. The summed E-state index contributed by atoms with van der Waals surface area (Å²) in [6, 6.07) is 13.3. The highest BCUT2D eigenvalue weighted by molar-refractivity contribution is 7.92. The van der Waals surface area contributed by atoms with Gasteiger partial charge in [0, 0.05) is 16.2 Å². The second-order valence-corrected chi connectivity index (χ2v) is 9.11. The van der Waals surface area contributed by atoms with Gasteiger partial charge in [0.1, 0.15) is 22.7 Å². The van der Waals surface area contributed by atoms with Crippen LogP contribution in [0.15, 0.2) is 63.9 Å². The molecule has 4 aromatic rings. The Kier molecular flexibility index (Phi) is 5.88. The first-order valence-corrected chi connectivity index (χ1v) is 11.7. The summed E-state index contributed by atoms with van der Waals surface area (Å²) < 4.78 is 53.0. The standard InChI is InChI=1S/C24H22FNO5S/c1-3-4-13-30-24(27)22-15(2)31-23-19-8-6-5-7-18(19)21(14-20(22)23)26-32(28,29)17-11-9-16(25)10-12-17/h5-12,14,26H,3-4,13H2,1-2H3. The van der Waals surface area contributed by atoms with Crippen LogP contribution in [0.5, 0.6) is 0 Å². The van der Waals surface area contributed by atoms with Gasteiger partial charge in [0.2, 0.25) is 0 Å². The van der Waals surface area contributed by atoms with Crippen molar-refractivity contribution in [2.45, 2.75) is 31.6 Å². The van der Waals surface area contributed by atoms with E-state index >= 15 is 0 Å². The van der Waals surface area contributed by atoms with E-state index in [-0.39, 0.29) is 16.1 Å². The van der Waals surface area contributed by atoms with Gasteiger partial charge in [-0.25, -0.2) is 17.6 Å². The van der Waals surface area contributed by atoms with Crippen molar-refractivity contribution in [3.05, 3.63) is 71.7 Å². The van der Waals surface area contributed by atoms with Crippen molar-refractivity contribution in [3.8, 4) is 0 Å². The fraction of sp³-hybridized carbons (Fsp3) is 0.208.